The molecule has 138 valence electrons. The van der Waals surface area contributed by atoms with Crippen LogP contribution in [0.5, 0.6) is 5.75 Å². The Hall–Kier alpha value is -3.18. The van der Waals surface area contributed by atoms with Gasteiger partial charge in [0, 0.05) is 22.0 Å². The molecule has 0 bridgehead atoms. The van der Waals surface area contributed by atoms with Gasteiger partial charge in [-0.05, 0) is 53.6 Å². The molecule has 0 radical (unpaired) electrons. The number of ether oxygens (including phenoxy) is 1. The topological polar surface area (TPSA) is 51.2 Å². The minimum atomic E-state index is -0.141. The molecule has 1 aliphatic carbocycles. The molecule has 0 aliphatic heterocycles. The van der Waals surface area contributed by atoms with Crippen LogP contribution in [0.1, 0.15) is 27.2 Å². The van der Waals surface area contributed by atoms with Crippen LogP contribution in [0.15, 0.2) is 65.5 Å². The standard InChI is InChI=1S/C23H18N2O2S/c26-23(17-4-1-5-19(11-17)27-12-18-13-28-14-24-18)25-21-10-9-16-8-7-15-3-2-6-20(21)22(15)16/h1-6,9-11,13-14H,7-8,12H2,(H,25,26). The highest BCUT2D eigenvalue weighted by Gasteiger charge is 2.17. The largest absolute Gasteiger partial charge is 0.487 e. The summed E-state index contributed by atoms with van der Waals surface area (Å²) in [5.41, 5.74) is 6.80. The fourth-order valence-corrected chi connectivity index (χ4v) is 4.29. The number of carbonyl (C=O) groups is 1. The summed E-state index contributed by atoms with van der Waals surface area (Å²) >= 11 is 1.54. The van der Waals surface area contributed by atoms with Crippen molar-refractivity contribution in [3.63, 3.8) is 0 Å². The monoisotopic (exact) mass is 386 g/mol. The lowest BCUT2D eigenvalue weighted by molar-refractivity contribution is 0.102. The molecule has 0 saturated carbocycles. The Morgan fingerprint density at radius 2 is 1.93 bits per heavy atom. The minimum absolute atomic E-state index is 0.141. The molecule has 1 amide bonds. The van der Waals surface area contributed by atoms with Gasteiger partial charge < -0.3 is 10.1 Å². The van der Waals surface area contributed by atoms with E-state index < -0.39 is 0 Å². The van der Waals surface area contributed by atoms with Crippen molar-refractivity contribution in [2.45, 2.75) is 19.4 Å². The number of amides is 1. The van der Waals surface area contributed by atoms with E-state index in [9.17, 15) is 4.79 Å². The van der Waals surface area contributed by atoms with E-state index in [1.807, 2.05) is 23.6 Å². The molecule has 5 rings (SSSR count). The van der Waals surface area contributed by atoms with Crippen molar-refractivity contribution in [2.24, 2.45) is 0 Å². The molecule has 1 heterocycles. The molecule has 0 unspecified atom stereocenters. The van der Waals surface area contributed by atoms with Gasteiger partial charge in [-0.25, -0.2) is 4.98 Å². The van der Waals surface area contributed by atoms with E-state index >= 15 is 0 Å². The van der Waals surface area contributed by atoms with Gasteiger partial charge in [-0.1, -0.05) is 30.3 Å². The predicted octanol–water partition coefficient (Wildman–Crippen LogP) is 5.23. The summed E-state index contributed by atoms with van der Waals surface area (Å²) < 4.78 is 5.77. The first-order chi connectivity index (χ1) is 13.8. The maximum Gasteiger partial charge on any atom is 0.255 e. The van der Waals surface area contributed by atoms with Crippen LogP contribution in [0.25, 0.3) is 10.8 Å². The van der Waals surface area contributed by atoms with Gasteiger partial charge in [0.25, 0.3) is 5.91 Å². The van der Waals surface area contributed by atoms with Crippen LogP contribution in [0, 0.1) is 0 Å². The fraction of sp³-hybridized carbons (Fsp3) is 0.130. The number of rotatable bonds is 5. The number of thiazole rings is 1. The molecule has 4 nitrogen and oxygen atoms in total. The maximum absolute atomic E-state index is 12.9. The quantitative estimate of drug-likeness (QED) is 0.511. The average molecular weight is 386 g/mol. The van der Waals surface area contributed by atoms with Crippen LogP contribution < -0.4 is 10.1 Å². The molecule has 4 aromatic rings. The van der Waals surface area contributed by atoms with Crippen molar-refractivity contribution < 1.29 is 9.53 Å². The van der Waals surface area contributed by atoms with Crippen LogP contribution in [0.4, 0.5) is 5.69 Å². The molecule has 28 heavy (non-hydrogen) atoms. The summed E-state index contributed by atoms with van der Waals surface area (Å²) in [4.78, 5) is 17.1. The third-order valence-electron chi connectivity index (χ3n) is 5.09. The molecule has 0 atom stereocenters. The normalized spacial score (nSPS) is 12.3. The van der Waals surface area contributed by atoms with Crippen molar-refractivity contribution >= 4 is 33.7 Å². The van der Waals surface area contributed by atoms with Crippen LogP contribution in [0.3, 0.4) is 0 Å². The Kier molecular flexibility index (Phi) is 4.29. The van der Waals surface area contributed by atoms with Crippen molar-refractivity contribution in [1.82, 2.24) is 4.98 Å². The maximum atomic E-state index is 12.9. The molecular formula is C23H18N2O2S. The second-order valence-electron chi connectivity index (χ2n) is 6.86. The van der Waals surface area contributed by atoms with E-state index in [4.69, 9.17) is 4.74 Å². The number of hydrogen-bond donors (Lipinski definition) is 1. The molecule has 1 aliphatic rings. The molecule has 1 aromatic heterocycles. The lowest BCUT2D eigenvalue weighted by Gasteiger charge is -2.11. The first kappa shape index (κ1) is 17.0. The van der Waals surface area contributed by atoms with E-state index in [0.29, 0.717) is 17.9 Å². The number of aryl methyl sites for hydroxylation is 2. The number of anilines is 1. The minimum Gasteiger partial charge on any atom is -0.487 e. The average Bonchev–Trinajstić information content (AvgIpc) is 3.40. The van der Waals surface area contributed by atoms with Gasteiger partial charge in [0.1, 0.15) is 12.4 Å². The Morgan fingerprint density at radius 1 is 1.07 bits per heavy atom. The number of hydrogen-bond acceptors (Lipinski definition) is 4. The second kappa shape index (κ2) is 7.09. The van der Waals surface area contributed by atoms with Crippen molar-refractivity contribution in [1.29, 1.82) is 0 Å². The van der Waals surface area contributed by atoms with E-state index in [1.54, 1.807) is 17.6 Å². The summed E-state index contributed by atoms with van der Waals surface area (Å²) in [6.45, 7) is 0.392. The highest BCUT2D eigenvalue weighted by Crippen LogP contribution is 2.35. The first-order valence-electron chi connectivity index (χ1n) is 9.23. The molecule has 1 N–H and O–H groups in total. The first-order valence-corrected chi connectivity index (χ1v) is 10.2. The number of carbonyl (C=O) groups excluding carboxylic acids is 1. The Balaban J connectivity index is 1.38. The van der Waals surface area contributed by atoms with Crippen LogP contribution in [-0.4, -0.2) is 10.9 Å². The van der Waals surface area contributed by atoms with Gasteiger partial charge in [-0.2, -0.15) is 0 Å². The van der Waals surface area contributed by atoms with Gasteiger partial charge in [-0.3, -0.25) is 4.79 Å². The molecule has 3 aromatic carbocycles. The van der Waals surface area contributed by atoms with E-state index in [1.165, 1.54) is 27.8 Å². The fourth-order valence-electron chi connectivity index (χ4n) is 3.74. The van der Waals surface area contributed by atoms with Gasteiger partial charge in [0.15, 0.2) is 0 Å². The van der Waals surface area contributed by atoms with Gasteiger partial charge in [0.2, 0.25) is 0 Å². The third kappa shape index (κ3) is 3.14. The van der Waals surface area contributed by atoms with Crippen molar-refractivity contribution in [3.8, 4) is 5.75 Å². The smallest absolute Gasteiger partial charge is 0.255 e. The van der Waals surface area contributed by atoms with Crippen LogP contribution in [0.2, 0.25) is 0 Å². The summed E-state index contributed by atoms with van der Waals surface area (Å²) in [6, 6.07) is 17.7. The molecular weight excluding hydrogens is 368 g/mol. The second-order valence-corrected chi connectivity index (χ2v) is 7.58. The van der Waals surface area contributed by atoms with Crippen molar-refractivity contribution in [2.75, 3.05) is 5.32 Å². The predicted molar refractivity (Wildman–Crippen MR) is 112 cm³/mol. The summed E-state index contributed by atoms with van der Waals surface area (Å²) in [5, 5.41) is 7.43. The molecule has 0 fully saturated rings. The Labute approximate surface area is 166 Å². The molecule has 0 saturated heterocycles. The van der Waals surface area contributed by atoms with Gasteiger partial charge >= 0.3 is 0 Å². The van der Waals surface area contributed by atoms with E-state index in [-0.39, 0.29) is 5.91 Å². The lowest BCUT2D eigenvalue weighted by atomic mass is 10.0. The number of benzene rings is 3. The van der Waals surface area contributed by atoms with Crippen LogP contribution in [-0.2, 0) is 19.4 Å². The third-order valence-corrected chi connectivity index (χ3v) is 5.73. The Morgan fingerprint density at radius 3 is 2.79 bits per heavy atom. The van der Waals surface area contributed by atoms with Crippen LogP contribution >= 0.6 is 11.3 Å². The Bertz CT molecular complexity index is 1160. The van der Waals surface area contributed by atoms with E-state index in [0.717, 1.165) is 29.6 Å². The number of nitrogens with zero attached hydrogens (tertiary/aromatic N) is 1. The zero-order valence-electron chi connectivity index (χ0n) is 15.1. The SMILES string of the molecule is O=C(Nc1ccc2c3c(cccc13)CC2)c1cccc(OCc2cscn2)c1. The summed E-state index contributed by atoms with van der Waals surface area (Å²) in [7, 11) is 0. The number of nitrogens with one attached hydrogen (secondary N) is 1. The molecule has 0 spiro atoms. The lowest BCUT2D eigenvalue weighted by Crippen LogP contribution is -2.12. The highest BCUT2D eigenvalue weighted by atomic mass is 32.1. The summed E-state index contributed by atoms with van der Waals surface area (Å²) in [5.74, 6) is 0.513. The zero-order valence-corrected chi connectivity index (χ0v) is 16.0. The zero-order chi connectivity index (χ0) is 18.9. The van der Waals surface area contributed by atoms with Gasteiger partial charge in [-0.15, -0.1) is 11.3 Å². The van der Waals surface area contributed by atoms with E-state index in [2.05, 4.69) is 34.6 Å². The number of aromatic nitrogens is 1. The van der Waals surface area contributed by atoms with Gasteiger partial charge in [0.05, 0.1) is 11.2 Å². The highest BCUT2D eigenvalue weighted by molar-refractivity contribution is 7.07. The molecule has 5 heteroatoms. The summed E-state index contributed by atoms with van der Waals surface area (Å²) in [6.07, 6.45) is 2.14. The van der Waals surface area contributed by atoms with Crippen molar-refractivity contribution in [3.05, 3.63) is 87.9 Å².